The van der Waals surface area contributed by atoms with Gasteiger partial charge in [0.2, 0.25) is 5.91 Å². The average Bonchev–Trinajstić information content (AvgIpc) is 3.04. The molecule has 1 aliphatic carbocycles. The van der Waals surface area contributed by atoms with Crippen molar-refractivity contribution in [2.45, 2.75) is 25.7 Å². The number of nitriles is 1. The van der Waals surface area contributed by atoms with Crippen LogP contribution in [0.1, 0.15) is 25.7 Å². The van der Waals surface area contributed by atoms with E-state index in [9.17, 15) is 14.9 Å². The highest BCUT2D eigenvalue weighted by atomic mass is 35.5. The highest BCUT2D eigenvalue weighted by molar-refractivity contribution is 6.32. The van der Waals surface area contributed by atoms with Crippen LogP contribution in [-0.4, -0.2) is 25.6 Å². The van der Waals surface area contributed by atoms with Crippen molar-refractivity contribution in [3.63, 3.8) is 0 Å². The molecule has 0 aliphatic heterocycles. The highest BCUT2D eigenvalue weighted by Crippen LogP contribution is 2.38. The van der Waals surface area contributed by atoms with E-state index in [1.807, 2.05) is 0 Å². The minimum atomic E-state index is -0.952. The molecule has 0 spiro atoms. The van der Waals surface area contributed by atoms with E-state index in [-0.39, 0.29) is 17.5 Å². The zero-order valence-electron chi connectivity index (χ0n) is 12.7. The number of ether oxygens (including phenoxy) is 2. The molecule has 1 saturated carbocycles. The van der Waals surface area contributed by atoms with Crippen molar-refractivity contribution in [3.05, 3.63) is 23.2 Å². The van der Waals surface area contributed by atoms with Crippen molar-refractivity contribution in [3.8, 4) is 11.8 Å². The summed E-state index contributed by atoms with van der Waals surface area (Å²) in [5.74, 6) is -0.515. The Morgan fingerprint density at radius 3 is 2.65 bits per heavy atom. The van der Waals surface area contributed by atoms with Crippen molar-refractivity contribution in [2.24, 2.45) is 5.41 Å². The molecule has 1 amide bonds. The number of anilines is 1. The smallest absolute Gasteiger partial charge is 0.343 e. The molecule has 1 fully saturated rings. The molecule has 23 heavy (non-hydrogen) atoms. The number of carbonyl (C=O) groups excluding carboxylic acids is 2. The van der Waals surface area contributed by atoms with Gasteiger partial charge in [0.25, 0.3) is 0 Å². The third-order valence-electron chi connectivity index (χ3n) is 3.87. The number of amides is 1. The summed E-state index contributed by atoms with van der Waals surface area (Å²) >= 11 is 6.07. The number of methoxy groups -OCH3 is 1. The Balaban J connectivity index is 2.04. The van der Waals surface area contributed by atoms with Crippen LogP contribution >= 0.6 is 11.6 Å². The van der Waals surface area contributed by atoms with E-state index in [0.29, 0.717) is 24.3 Å². The first-order chi connectivity index (χ1) is 11.0. The van der Waals surface area contributed by atoms with Crippen LogP contribution in [0.5, 0.6) is 5.75 Å². The molecule has 122 valence electrons. The summed E-state index contributed by atoms with van der Waals surface area (Å²) in [5, 5.41) is 12.3. The van der Waals surface area contributed by atoms with Crippen LogP contribution < -0.4 is 10.1 Å². The number of hydrogen-bond acceptors (Lipinski definition) is 5. The van der Waals surface area contributed by atoms with E-state index in [2.05, 4.69) is 16.1 Å². The van der Waals surface area contributed by atoms with Gasteiger partial charge in [-0.15, -0.1) is 0 Å². The SMILES string of the molecule is COC(=O)COc1ccc(NC(=O)C2(C#N)CCCC2)cc1Cl. The summed E-state index contributed by atoms with van der Waals surface area (Å²) in [6.45, 7) is -0.251. The van der Waals surface area contributed by atoms with Crippen LogP contribution in [0.25, 0.3) is 0 Å². The molecule has 1 aromatic rings. The van der Waals surface area contributed by atoms with Gasteiger partial charge < -0.3 is 14.8 Å². The molecular formula is C16H17ClN2O4. The fraction of sp³-hybridized carbons (Fsp3) is 0.438. The van der Waals surface area contributed by atoms with Gasteiger partial charge in [0.1, 0.15) is 11.2 Å². The van der Waals surface area contributed by atoms with E-state index in [1.165, 1.54) is 13.2 Å². The van der Waals surface area contributed by atoms with Gasteiger partial charge in [-0.05, 0) is 31.0 Å². The number of nitrogens with one attached hydrogen (secondary N) is 1. The van der Waals surface area contributed by atoms with Crippen LogP contribution in [0.3, 0.4) is 0 Å². The van der Waals surface area contributed by atoms with Crippen LogP contribution in [0, 0.1) is 16.7 Å². The Kier molecular flexibility index (Phi) is 5.45. The van der Waals surface area contributed by atoms with E-state index in [4.69, 9.17) is 16.3 Å². The summed E-state index contributed by atoms with van der Waals surface area (Å²) in [6.07, 6.45) is 2.90. The number of hydrogen-bond donors (Lipinski definition) is 1. The van der Waals surface area contributed by atoms with Crippen molar-refractivity contribution < 1.29 is 19.1 Å². The van der Waals surface area contributed by atoms with Gasteiger partial charge in [-0.2, -0.15) is 5.26 Å². The van der Waals surface area contributed by atoms with Gasteiger partial charge in [-0.3, -0.25) is 4.79 Å². The number of carbonyl (C=O) groups is 2. The Morgan fingerprint density at radius 1 is 1.39 bits per heavy atom. The third-order valence-corrected chi connectivity index (χ3v) is 4.16. The average molecular weight is 337 g/mol. The maximum Gasteiger partial charge on any atom is 0.343 e. The van der Waals surface area contributed by atoms with Crippen LogP contribution in [0.2, 0.25) is 5.02 Å². The lowest BCUT2D eigenvalue weighted by Crippen LogP contribution is -2.32. The van der Waals surface area contributed by atoms with E-state index in [1.54, 1.807) is 12.1 Å². The van der Waals surface area contributed by atoms with Gasteiger partial charge >= 0.3 is 5.97 Å². The van der Waals surface area contributed by atoms with E-state index >= 15 is 0 Å². The Bertz CT molecular complexity index is 648. The topological polar surface area (TPSA) is 88.4 Å². The molecular weight excluding hydrogens is 320 g/mol. The Labute approximate surface area is 139 Å². The summed E-state index contributed by atoms with van der Waals surface area (Å²) in [4.78, 5) is 23.4. The maximum absolute atomic E-state index is 12.3. The van der Waals surface area contributed by atoms with Crippen LogP contribution in [0.4, 0.5) is 5.69 Å². The summed E-state index contributed by atoms with van der Waals surface area (Å²) in [5.41, 5.74) is -0.473. The summed E-state index contributed by atoms with van der Waals surface area (Å²) < 4.78 is 9.69. The minimum absolute atomic E-state index is 0.251. The first-order valence-corrected chi connectivity index (χ1v) is 7.60. The second-order valence-corrected chi connectivity index (χ2v) is 5.77. The lowest BCUT2D eigenvalue weighted by atomic mass is 9.87. The van der Waals surface area contributed by atoms with Gasteiger partial charge in [0.15, 0.2) is 6.61 Å². The molecule has 1 aromatic carbocycles. The standard InChI is InChI=1S/C16H17ClN2O4/c1-22-14(20)9-23-13-5-4-11(8-12(13)17)19-15(21)16(10-18)6-2-3-7-16/h4-5,8H,2-3,6-7,9H2,1H3,(H,19,21). The molecule has 0 bridgehead atoms. The molecule has 1 N–H and O–H groups in total. The summed E-state index contributed by atoms with van der Waals surface area (Å²) in [7, 11) is 1.26. The lowest BCUT2D eigenvalue weighted by molar-refractivity contribution is -0.142. The second-order valence-electron chi connectivity index (χ2n) is 5.37. The lowest BCUT2D eigenvalue weighted by Gasteiger charge is -2.19. The quantitative estimate of drug-likeness (QED) is 0.835. The molecule has 6 nitrogen and oxygen atoms in total. The molecule has 0 atom stereocenters. The first kappa shape index (κ1) is 17.1. The third kappa shape index (κ3) is 3.93. The Morgan fingerprint density at radius 2 is 2.09 bits per heavy atom. The molecule has 0 heterocycles. The monoisotopic (exact) mass is 336 g/mol. The van der Waals surface area contributed by atoms with E-state index in [0.717, 1.165) is 12.8 Å². The van der Waals surface area contributed by atoms with Gasteiger partial charge in [0.05, 0.1) is 18.2 Å². The number of rotatable bonds is 5. The molecule has 1 aliphatic rings. The molecule has 0 unspecified atom stereocenters. The molecule has 0 saturated heterocycles. The Hall–Kier alpha value is -2.26. The van der Waals surface area contributed by atoms with Gasteiger partial charge in [0, 0.05) is 5.69 Å². The number of nitrogens with zero attached hydrogens (tertiary/aromatic N) is 1. The van der Waals surface area contributed by atoms with Crippen LogP contribution in [0.15, 0.2) is 18.2 Å². The van der Waals surface area contributed by atoms with Crippen molar-refractivity contribution in [1.29, 1.82) is 5.26 Å². The predicted molar refractivity (Wildman–Crippen MR) is 84.1 cm³/mol. The molecule has 0 aromatic heterocycles. The molecule has 7 heteroatoms. The van der Waals surface area contributed by atoms with Crippen molar-refractivity contribution in [1.82, 2.24) is 0 Å². The number of benzene rings is 1. The van der Waals surface area contributed by atoms with E-state index < -0.39 is 11.4 Å². The van der Waals surface area contributed by atoms with Crippen LogP contribution in [-0.2, 0) is 14.3 Å². The van der Waals surface area contributed by atoms with Crippen molar-refractivity contribution >= 4 is 29.2 Å². The fourth-order valence-electron chi connectivity index (χ4n) is 2.51. The molecule has 0 radical (unpaired) electrons. The minimum Gasteiger partial charge on any atom is -0.480 e. The van der Waals surface area contributed by atoms with Gasteiger partial charge in [-0.25, -0.2) is 4.79 Å². The zero-order chi connectivity index (χ0) is 16.9. The maximum atomic E-state index is 12.3. The highest BCUT2D eigenvalue weighted by Gasteiger charge is 2.41. The van der Waals surface area contributed by atoms with Crippen molar-refractivity contribution in [2.75, 3.05) is 19.0 Å². The normalized spacial score (nSPS) is 15.5. The zero-order valence-corrected chi connectivity index (χ0v) is 13.5. The van der Waals surface area contributed by atoms with Gasteiger partial charge in [-0.1, -0.05) is 24.4 Å². The predicted octanol–water partition coefficient (Wildman–Crippen LogP) is 2.91. The fourth-order valence-corrected chi connectivity index (χ4v) is 2.75. The second kappa shape index (κ2) is 7.34. The number of halogens is 1. The summed E-state index contributed by atoms with van der Waals surface area (Å²) in [6, 6.07) is 6.82. The molecule has 2 rings (SSSR count). The largest absolute Gasteiger partial charge is 0.480 e. The first-order valence-electron chi connectivity index (χ1n) is 7.22. The number of esters is 1.